The lowest BCUT2D eigenvalue weighted by Crippen LogP contribution is -3.15. The molecule has 1 saturated heterocycles. The Labute approximate surface area is 111 Å². The Hall–Kier alpha value is -0.390. The van der Waals surface area contributed by atoms with Gasteiger partial charge in [-0.3, -0.25) is 0 Å². The molecule has 0 amide bonds. The maximum atomic E-state index is 11.8. The van der Waals surface area contributed by atoms with Crippen LogP contribution < -0.4 is 4.90 Å². The van der Waals surface area contributed by atoms with Crippen molar-refractivity contribution in [2.45, 2.75) is 26.2 Å². The number of piperazine rings is 1. The van der Waals surface area contributed by atoms with Crippen LogP contribution in [0.1, 0.15) is 26.2 Å². The Bertz CT molecular complexity index is 384. The minimum Gasteiger partial charge on any atom is -0.333 e. The first-order chi connectivity index (χ1) is 8.62. The second-order valence-electron chi connectivity index (χ2n) is 5.40. The molecule has 104 valence electrons. The molecule has 18 heavy (non-hydrogen) atoms. The molecule has 0 bridgehead atoms. The Morgan fingerprint density at radius 2 is 2.00 bits per heavy atom. The number of rotatable bonds is 4. The zero-order valence-corrected chi connectivity index (χ0v) is 12.1. The van der Waals surface area contributed by atoms with Crippen LogP contribution in [0.3, 0.4) is 0 Å². The minimum atomic E-state index is -2.97. The zero-order valence-electron chi connectivity index (χ0n) is 11.3. The molecule has 0 aromatic heterocycles. The summed E-state index contributed by atoms with van der Waals surface area (Å²) in [5, 5.41) is 0. The largest absolute Gasteiger partial charge is 0.333 e. The number of nitrogens with one attached hydrogen (secondary N) is 1. The van der Waals surface area contributed by atoms with E-state index in [1.165, 1.54) is 25.8 Å². The average molecular weight is 273 g/mol. The molecular formula is C13H25N2O2S+. The van der Waals surface area contributed by atoms with Gasteiger partial charge >= 0.3 is 0 Å². The first-order valence-corrected chi connectivity index (χ1v) is 8.69. The van der Waals surface area contributed by atoms with Crippen LogP contribution in [0, 0.1) is 5.92 Å². The number of hydrogen-bond acceptors (Lipinski definition) is 2. The third-order valence-corrected chi connectivity index (χ3v) is 6.02. The molecule has 0 saturated carbocycles. The summed E-state index contributed by atoms with van der Waals surface area (Å²) in [5.41, 5.74) is 0. The van der Waals surface area contributed by atoms with Crippen molar-refractivity contribution in [2.75, 3.05) is 38.5 Å². The van der Waals surface area contributed by atoms with Gasteiger partial charge in [-0.05, 0) is 26.2 Å². The lowest BCUT2D eigenvalue weighted by atomic mass is 9.94. The summed E-state index contributed by atoms with van der Waals surface area (Å²) in [5.74, 6) is 1.04. The van der Waals surface area contributed by atoms with Gasteiger partial charge < -0.3 is 4.90 Å². The molecule has 2 aliphatic rings. The smallest absolute Gasteiger partial charge is 0.214 e. The monoisotopic (exact) mass is 273 g/mol. The predicted molar refractivity (Wildman–Crippen MR) is 73.1 cm³/mol. The number of nitrogens with zero attached hydrogens (tertiary/aromatic N) is 1. The Morgan fingerprint density at radius 3 is 2.56 bits per heavy atom. The van der Waals surface area contributed by atoms with E-state index in [4.69, 9.17) is 0 Å². The molecule has 0 aromatic rings. The zero-order chi connectivity index (χ0) is 13.0. The van der Waals surface area contributed by atoms with Gasteiger partial charge in [-0.1, -0.05) is 12.2 Å². The van der Waals surface area contributed by atoms with Crippen LogP contribution in [0.2, 0.25) is 0 Å². The lowest BCUT2D eigenvalue weighted by Gasteiger charge is -2.33. The molecule has 1 N–H and O–H groups in total. The van der Waals surface area contributed by atoms with E-state index in [2.05, 4.69) is 12.2 Å². The normalized spacial score (nSPS) is 27.5. The van der Waals surface area contributed by atoms with Gasteiger partial charge in [0.15, 0.2) is 0 Å². The van der Waals surface area contributed by atoms with Crippen LogP contribution in [0.25, 0.3) is 0 Å². The Balaban J connectivity index is 1.78. The Morgan fingerprint density at radius 1 is 1.28 bits per heavy atom. The van der Waals surface area contributed by atoms with E-state index in [9.17, 15) is 8.42 Å². The number of sulfonamides is 1. The van der Waals surface area contributed by atoms with Crippen molar-refractivity contribution < 1.29 is 13.3 Å². The summed E-state index contributed by atoms with van der Waals surface area (Å²) in [4.78, 5) is 1.58. The molecule has 1 aliphatic carbocycles. The van der Waals surface area contributed by atoms with Crippen LogP contribution in [0.5, 0.6) is 0 Å². The highest BCUT2D eigenvalue weighted by Gasteiger charge is 2.28. The SMILES string of the molecule is CCS(=O)(=O)N1CC[NH+](C[C@@H]2CC=CCC2)CC1. The van der Waals surface area contributed by atoms with E-state index in [-0.39, 0.29) is 5.75 Å². The quantitative estimate of drug-likeness (QED) is 0.727. The summed E-state index contributed by atoms with van der Waals surface area (Å²) in [6.45, 7) is 6.29. The first kappa shape index (κ1) is 14.0. The summed E-state index contributed by atoms with van der Waals surface area (Å²) < 4.78 is 25.2. The molecule has 0 aromatic carbocycles. The van der Waals surface area contributed by atoms with Gasteiger partial charge in [0.1, 0.15) is 0 Å². The standard InChI is InChI=1S/C13H24N2O2S/c1-2-18(16,17)15-10-8-14(9-11-15)12-13-6-4-3-5-7-13/h3-4,13H,2,5-12H2,1H3/p+1/t13-/m1/s1. The van der Waals surface area contributed by atoms with Gasteiger partial charge in [0.2, 0.25) is 10.0 Å². The molecule has 2 rings (SSSR count). The van der Waals surface area contributed by atoms with Crippen molar-refractivity contribution in [1.29, 1.82) is 0 Å². The van der Waals surface area contributed by atoms with Crippen molar-refractivity contribution in [2.24, 2.45) is 5.92 Å². The van der Waals surface area contributed by atoms with Gasteiger partial charge in [-0.15, -0.1) is 0 Å². The number of allylic oxidation sites excluding steroid dienone is 2. The van der Waals surface area contributed by atoms with E-state index in [0.717, 1.165) is 19.0 Å². The topological polar surface area (TPSA) is 41.8 Å². The van der Waals surface area contributed by atoms with Crippen LogP contribution in [0.15, 0.2) is 12.2 Å². The van der Waals surface area contributed by atoms with Gasteiger partial charge in [-0.25, -0.2) is 8.42 Å². The molecule has 1 fully saturated rings. The second-order valence-corrected chi connectivity index (χ2v) is 7.66. The van der Waals surface area contributed by atoms with Crippen LogP contribution in [0.4, 0.5) is 0 Å². The number of quaternary nitrogens is 1. The molecule has 0 spiro atoms. The summed E-state index contributed by atoms with van der Waals surface area (Å²) in [6, 6.07) is 0. The average Bonchev–Trinajstić information content (AvgIpc) is 2.40. The minimum absolute atomic E-state index is 0.232. The maximum absolute atomic E-state index is 11.8. The van der Waals surface area contributed by atoms with Crippen LogP contribution >= 0.6 is 0 Å². The summed E-state index contributed by atoms with van der Waals surface area (Å²) >= 11 is 0. The highest BCUT2D eigenvalue weighted by Crippen LogP contribution is 2.16. The van der Waals surface area contributed by atoms with Crippen molar-refractivity contribution >= 4 is 10.0 Å². The molecule has 5 heteroatoms. The van der Waals surface area contributed by atoms with Crippen molar-refractivity contribution in [3.8, 4) is 0 Å². The van der Waals surface area contributed by atoms with Crippen molar-refractivity contribution in [3.05, 3.63) is 12.2 Å². The third-order valence-electron chi connectivity index (χ3n) is 4.14. The maximum Gasteiger partial charge on any atom is 0.214 e. The predicted octanol–water partition coefficient (Wildman–Crippen LogP) is -0.107. The van der Waals surface area contributed by atoms with Crippen molar-refractivity contribution in [1.82, 2.24) is 4.31 Å². The van der Waals surface area contributed by atoms with E-state index < -0.39 is 10.0 Å². The fourth-order valence-corrected chi connectivity index (χ4v) is 4.02. The third kappa shape index (κ3) is 3.56. The molecule has 0 radical (unpaired) electrons. The summed E-state index contributed by atoms with van der Waals surface area (Å²) in [7, 11) is -2.97. The van der Waals surface area contributed by atoms with Gasteiger partial charge in [0, 0.05) is 5.92 Å². The fraction of sp³-hybridized carbons (Fsp3) is 0.846. The number of hydrogen-bond donors (Lipinski definition) is 1. The molecule has 4 nitrogen and oxygen atoms in total. The Kier molecular flexibility index (Phi) is 4.81. The highest BCUT2D eigenvalue weighted by molar-refractivity contribution is 7.89. The van der Waals surface area contributed by atoms with Gasteiger partial charge in [0.05, 0.1) is 38.5 Å². The molecule has 1 heterocycles. The first-order valence-electron chi connectivity index (χ1n) is 7.08. The van der Waals surface area contributed by atoms with Gasteiger partial charge in [-0.2, -0.15) is 4.31 Å². The summed E-state index contributed by atoms with van der Waals surface area (Å²) in [6.07, 6.45) is 8.30. The van der Waals surface area contributed by atoms with Gasteiger partial charge in [0.25, 0.3) is 0 Å². The van der Waals surface area contributed by atoms with E-state index in [1.54, 1.807) is 16.1 Å². The van der Waals surface area contributed by atoms with E-state index >= 15 is 0 Å². The highest BCUT2D eigenvalue weighted by atomic mass is 32.2. The van der Waals surface area contributed by atoms with E-state index in [0.29, 0.717) is 13.1 Å². The van der Waals surface area contributed by atoms with Crippen LogP contribution in [-0.2, 0) is 10.0 Å². The van der Waals surface area contributed by atoms with E-state index in [1.807, 2.05) is 0 Å². The second kappa shape index (κ2) is 6.17. The molecular weight excluding hydrogens is 248 g/mol. The lowest BCUT2D eigenvalue weighted by molar-refractivity contribution is -0.907. The molecule has 1 aliphatic heterocycles. The molecule has 0 unspecified atom stereocenters. The molecule has 1 atom stereocenters. The van der Waals surface area contributed by atoms with Crippen LogP contribution in [-0.4, -0.2) is 51.2 Å². The van der Waals surface area contributed by atoms with Crippen molar-refractivity contribution in [3.63, 3.8) is 0 Å². The fourth-order valence-electron chi connectivity index (χ4n) is 2.92.